The van der Waals surface area contributed by atoms with E-state index in [-0.39, 0.29) is 12.5 Å². The third-order valence-corrected chi connectivity index (χ3v) is 5.51. The van der Waals surface area contributed by atoms with Crippen LogP contribution in [0.3, 0.4) is 0 Å². The molecule has 0 saturated carbocycles. The fourth-order valence-corrected chi connectivity index (χ4v) is 4.11. The first-order chi connectivity index (χ1) is 11.9. The molecule has 0 radical (unpaired) electrons. The molecule has 0 saturated heterocycles. The molecule has 6 heteroatoms. The third-order valence-electron chi connectivity index (χ3n) is 4.15. The Kier molecular flexibility index (Phi) is 6.53. The van der Waals surface area contributed by atoms with Crippen molar-refractivity contribution in [2.45, 2.75) is 51.8 Å². The second kappa shape index (κ2) is 8.43. The van der Waals surface area contributed by atoms with E-state index in [1.54, 1.807) is 30.5 Å². The van der Waals surface area contributed by atoms with Crippen LogP contribution in [-0.2, 0) is 21.8 Å². The van der Waals surface area contributed by atoms with Crippen LogP contribution < -0.4 is 4.74 Å². The van der Waals surface area contributed by atoms with Crippen molar-refractivity contribution in [1.82, 2.24) is 9.78 Å². The molecule has 2 aromatic rings. The number of ether oxygens (including phenoxy) is 2. The standard InChI is InChI=1S/C19H26N2O3S/c1-7-24-18(22)10-21-15(5)17(14(4)20-21)11-25-19-12(2)8-16(23-6)9-13(19)3/h8-9H,7,10-11H2,1-6H3. The van der Waals surface area contributed by atoms with Crippen LogP contribution in [0.25, 0.3) is 0 Å². The van der Waals surface area contributed by atoms with Crippen molar-refractivity contribution in [2.75, 3.05) is 13.7 Å². The van der Waals surface area contributed by atoms with Gasteiger partial charge in [0.15, 0.2) is 0 Å². The van der Waals surface area contributed by atoms with Gasteiger partial charge in [-0.2, -0.15) is 5.10 Å². The Morgan fingerprint density at radius 3 is 2.40 bits per heavy atom. The maximum atomic E-state index is 11.7. The van der Waals surface area contributed by atoms with Crippen molar-refractivity contribution in [3.8, 4) is 5.75 Å². The molecule has 0 amide bonds. The summed E-state index contributed by atoms with van der Waals surface area (Å²) in [6.07, 6.45) is 0. The van der Waals surface area contributed by atoms with Gasteiger partial charge in [-0.25, -0.2) is 0 Å². The van der Waals surface area contributed by atoms with Gasteiger partial charge < -0.3 is 9.47 Å². The third kappa shape index (κ3) is 4.57. The molecule has 0 bridgehead atoms. The highest BCUT2D eigenvalue weighted by atomic mass is 32.2. The van der Waals surface area contributed by atoms with Gasteiger partial charge in [-0.1, -0.05) is 0 Å². The van der Waals surface area contributed by atoms with E-state index in [0.717, 1.165) is 22.9 Å². The molecule has 0 fully saturated rings. The maximum Gasteiger partial charge on any atom is 0.327 e. The van der Waals surface area contributed by atoms with Crippen molar-refractivity contribution in [3.63, 3.8) is 0 Å². The number of carbonyl (C=O) groups is 1. The molecule has 1 heterocycles. The zero-order valence-corrected chi connectivity index (χ0v) is 16.6. The molecule has 0 aliphatic rings. The second-order valence-corrected chi connectivity index (χ2v) is 6.98. The molecule has 0 spiro atoms. The molecular formula is C19H26N2O3S. The predicted molar refractivity (Wildman–Crippen MR) is 100 cm³/mol. The summed E-state index contributed by atoms with van der Waals surface area (Å²) in [5.41, 5.74) is 5.55. The van der Waals surface area contributed by atoms with Gasteiger partial charge in [0.1, 0.15) is 12.3 Å². The number of methoxy groups -OCH3 is 1. The Labute approximate surface area is 153 Å². The predicted octanol–water partition coefficient (Wildman–Crippen LogP) is 3.98. The van der Waals surface area contributed by atoms with Crippen LogP contribution in [0.4, 0.5) is 0 Å². The van der Waals surface area contributed by atoms with E-state index < -0.39 is 0 Å². The van der Waals surface area contributed by atoms with Gasteiger partial charge in [-0.05, 0) is 57.9 Å². The summed E-state index contributed by atoms with van der Waals surface area (Å²) in [6, 6.07) is 4.11. The van der Waals surface area contributed by atoms with Crippen LogP contribution in [0, 0.1) is 27.7 Å². The summed E-state index contributed by atoms with van der Waals surface area (Å²) in [6.45, 7) is 10.5. The number of hydrogen-bond donors (Lipinski definition) is 0. The number of aromatic nitrogens is 2. The number of aryl methyl sites for hydroxylation is 3. The van der Waals surface area contributed by atoms with E-state index in [2.05, 4.69) is 31.1 Å². The summed E-state index contributed by atoms with van der Waals surface area (Å²) in [7, 11) is 1.69. The second-order valence-electron chi connectivity index (χ2n) is 5.99. The lowest BCUT2D eigenvalue weighted by molar-refractivity contribution is -0.144. The highest BCUT2D eigenvalue weighted by Crippen LogP contribution is 2.33. The molecule has 0 aliphatic heterocycles. The van der Waals surface area contributed by atoms with Gasteiger partial charge in [0.05, 0.1) is 19.4 Å². The molecule has 2 rings (SSSR count). The lowest BCUT2D eigenvalue weighted by Crippen LogP contribution is -2.15. The van der Waals surface area contributed by atoms with Crippen LogP contribution in [0.1, 0.15) is 35.0 Å². The molecule has 1 aromatic heterocycles. The lowest BCUT2D eigenvalue weighted by Gasteiger charge is -2.12. The van der Waals surface area contributed by atoms with Gasteiger partial charge in [0.2, 0.25) is 0 Å². The quantitative estimate of drug-likeness (QED) is 0.551. The Bertz CT molecular complexity index is 745. The number of esters is 1. The minimum Gasteiger partial charge on any atom is -0.497 e. The van der Waals surface area contributed by atoms with Crippen LogP contribution in [-0.4, -0.2) is 29.5 Å². The van der Waals surface area contributed by atoms with E-state index in [4.69, 9.17) is 9.47 Å². The SMILES string of the molecule is CCOC(=O)Cn1nc(C)c(CSc2c(C)cc(OC)cc2C)c1C. The highest BCUT2D eigenvalue weighted by Gasteiger charge is 2.16. The normalized spacial score (nSPS) is 10.8. The number of benzene rings is 1. The molecule has 0 unspecified atom stereocenters. The first-order valence-electron chi connectivity index (χ1n) is 8.33. The van der Waals surface area contributed by atoms with Crippen LogP contribution >= 0.6 is 11.8 Å². The van der Waals surface area contributed by atoms with Gasteiger partial charge in [-0.3, -0.25) is 9.48 Å². The summed E-state index contributed by atoms with van der Waals surface area (Å²) >= 11 is 1.79. The van der Waals surface area contributed by atoms with Crippen molar-refractivity contribution in [3.05, 3.63) is 40.2 Å². The van der Waals surface area contributed by atoms with Crippen molar-refractivity contribution >= 4 is 17.7 Å². The summed E-state index contributed by atoms with van der Waals surface area (Å²) in [5.74, 6) is 1.44. The molecule has 0 aliphatic carbocycles. The Hall–Kier alpha value is -1.95. The van der Waals surface area contributed by atoms with Gasteiger partial charge in [-0.15, -0.1) is 11.8 Å². The Balaban J connectivity index is 2.16. The molecule has 1 aromatic carbocycles. The van der Waals surface area contributed by atoms with E-state index in [9.17, 15) is 4.79 Å². The van der Waals surface area contributed by atoms with Crippen LogP contribution in [0.15, 0.2) is 17.0 Å². The Morgan fingerprint density at radius 1 is 1.20 bits per heavy atom. The maximum absolute atomic E-state index is 11.7. The average Bonchev–Trinajstić information content (AvgIpc) is 2.81. The number of rotatable bonds is 7. The summed E-state index contributed by atoms with van der Waals surface area (Å²) in [4.78, 5) is 13.0. The fourth-order valence-electron chi connectivity index (χ4n) is 2.83. The first kappa shape index (κ1) is 19.4. The zero-order valence-electron chi connectivity index (χ0n) is 15.8. The number of carbonyl (C=O) groups excluding carboxylic acids is 1. The summed E-state index contributed by atoms with van der Waals surface area (Å²) in [5, 5.41) is 4.50. The van der Waals surface area contributed by atoms with Crippen LogP contribution in [0.5, 0.6) is 5.75 Å². The molecule has 0 N–H and O–H groups in total. The minimum atomic E-state index is -0.255. The van der Waals surface area contributed by atoms with Crippen molar-refractivity contribution in [2.24, 2.45) is 0 Å². The van der Waals surface area contributed by atoms with Crippen molar-refractivity contribution < 1.29 is 14.3 Å². The molecule has 0 atom stereocenters. The number of nitrogens with zero attached hydrogens (tertiary/aromatic N) is 2. The van der Waals surface area contributed by atoms with Crippen molar-refractivity contribution in [1.29, 1.82) is 0 Å². The topological polar surface area (TPSA) is 53.4 Å². The summed E-state index contributed by atoms with van der Waals surface area (Å²) < 4.78 is 12.1. The molecule has 25 heavy (non-hydrogen) atoms. The van der Waals surface area contributed by atoms with E-state index in [0.29, 0.717) is 6.61 Å². The van der Waals surface area contributed by atoms with E-state index in [1.165, 1.54) is 21.6 Å². The monoisotopic (exact) mass is 362 g/mol. The average molecular weight is 362 g/mol. The minimum absolute atomic E-state index is 0.159. The number of hydrogen-bond acceptors (Lipinski definition) is 5. The Morgan fingerprint density at radius 2 is 1.84 bits per heavy atom. The first-order valence-corrected chi connectivity index (χ1v) is 9.32. The number of thioether (sulfide) groups is 1. The lowest BCUT2D eigenvalue weighted by atomic mass is 10.1. The van der Waals surface area contributed by atoms with E-state index in [1.807, 2.05) is 13.8 Å². The largest absolute Gasteiger partial charge is 0.497 e. The molecule has 136 valence electrons. The zero-order chi connectivity index (χ0) is 18.6. The smallest absolute Gasteiger partial charge is 0.327 e. The van der Waals surface area contributed by atoms with Gasteiger partial charge in [0.25, 0.3) is 0 Å². The fraction of sp³-hybridized carbons (Fsp3) is 0.474. The highest BCUT2D eigenvalue weighted by molar-refractivity contribution is 7.98. The molecular weight excluding hydrogens is 336 g/mol. The van der Waals surface area contributed by atoms with Crippen LogP contribution in [0.2, 0.25) is 0 Å². The van der Waals surface area contributed by atoms with Gasteiger partial charge in [0, 0.05) is 21.9 Å². The van der Waals surface area contributed by atoms with Gasteiger partial charge >= 0.3 is 5.97 Å². The molecule has 5 nitrogen and oxygen atoms in total. The van der Waals surface area contributed by atoms with E-state index >= 15 is 0 Å².